The fraction of sp³-hybridized carbons (Fsp3) is 0.522. The number of nitrogens with one attached hydrogen (secondary N) is 1. The lowest BCUT2D eigenvalue weighted by molar-refractivity contribution is -0.125. The number of amides is 2. The monoisotopic (exact) mass is 441 g/mol. The molecule has 172 valence electrons. The minimum Gasteiger partial charge on any atom is -0.449 e. The first kappa shape index (κ1) is 25.4. The van der Waals surface area contributed by atoms with E-state index in [2.05, 4.69) is 5.32 Å². The van der Waals surface area contributed by atoms with E-state index in [4.69, 9.17) is 4.74 Å². The Morgan fingerprint density at radius 1 is 1.34 bits per heavy atom. The summed E-state index contributed by atoms with van der Waals surface area (Å²) in [5.41, 5.74) is 1.78. The van der Waals surface area contributed by atoms with Crippen molar-refractivity contribution in [1.29, 1.82) is 5.26 Å². The fourth-order valence-electron chi connectivity index (χ4n) is 3.49. The molecular formula is C23H32BN3O5. The number of likely N-dealkylation sites (tertiary alicyclic amines) is 1. The topological polar surface area (TPSA) is 123 Å². The van der Waals surface area contributed by atoms with E-state index >= 15 is 0 Å². The number of alkyl carbamates (subject to hydrolysis) is 1. The van der Waals surface area contributed by atoms with Crippen molar-refractivity contribution in [2.75, 3.05) is 19.7 Å². The number of hydrogen-bond acceptors (Lipinski definition) is 6. The highest BCUT2D eigenvalue weighted by Crippen LogP contribution is 2.22. The molecule has 1 aliphatic heterocycles. The first-order valence-corrected chi connectivity index (χ1v) is 10.8. The molecule has 0 unspecified atom stereocenters. The molecule has 2 atom stereocenters. The number of rotatable bonds is 7. The van der Waals surface area contributed by atoms with E-state index in [0.29, 0.717) is 19.5 Å². The molecule has 1 aromatic carbocycles. The van der Waals surface area contributed by atoms with Crippen molar-refractivity contribution in [1.82, 2.24) is 10.2 Å². The summed E-state index contributed by atoms with van der Waals surface area (Å²) in [5.74, 6) is -1.27. The SMILES string of the molecule is Cc1ccc(C[C@H](NC(=O)OC[C@H]2CCN(C(=O)/C(C#N)=C/C(C)(C)C)C2)B(O)O)cc1. The Morgan fingerprint density at radius 2 is 2.00 bits per heavy atom. The number of benzene rings is 1. The summed E-state index contributed by atoms with van der Waals surface area (Å²) in [4.78, 5) is 26.4. The van der Waals surface area contributed by atoms with Crippen molar-refractivity contribution < 1.29 is 24.4 Å². The van der Waals surface area contributed by atoms with Crippen molar-refractivity contribution in [2.45, 2.75) is 46.5 Å². The van der Waals surface area contributed by atoms with Gasteiger partial charge in [0, 0.05) is 19.0 Å². The molecular weight excluding hydrogens is 409 g/mol. The zero-order valence-electron chi connectivity index (χ0n) is 19.2. The van der Waals surface area contributed by atoms with Crippen LogP contribution < -0.4 is 5.32 Å². The number of allylic oxidation sites excluding steroid dienone is 1. The van der Waals surface area contributed by atoms with Crippen LogP contribution in [-0.4, -0.2) is 59.7 Å². The Bertz CT molecular complexity index is 871. The molecule has 1 aromatic rings. The van der Waals surface area contributed by atoms with Crippen LogP contribution in [0, 0.1) is 29.6 Å². The molecule has 0 bridgehead atoms. The molecule has 3 N–H and O–H groups in total. The summed E-state index contributed by atoms with van der Waals surface area (Å²) in [6.45, 7) is 8.70. The van der Waals surface area contributed by atoms with Gasteiger partial charge in [0.2, 0.25) is 0 Å². The minimum atomic E-state index is -1.73. The normalized spacial score (nSPS) is 17.5. The molecule has 2 rings (SSSR count). The van der Waals surface area contributed by atoms with E-state index in [-0.39, 0.29) is 35.8 Å². The van der Waals surface area contributed by atoms with Gasteiger partial charge in [-0.1, -0.05) is 56.7 Å². The Labute approximate surface area is 190 Å². The Kier molecular flexibility index (Phi) is 8.87. The Morgan fingerprint density at radius 3 is 2.56 bits per heavy atom. The summed E-state index contributed by atoms with van der Waals surface area (Å²) >= 11 is 0. The standard InChI is InChI=1S/C23H32BN3O5/c1-16-5-7-17(8-6-16)11-20(24(30)31)26-22(29)32-15-18-9-10-27(14-18)21(28)19(13-25)12-23(2,3)4/h5-8,12,18,20,30-31H,9-11,14-15H2,1-4H3,(H,26,29)/b19-12+/t18-,20-/m0/s1. The lowest BCUT2D eigenvalue weighted by Gasteiger charge is -2.20. The molecule has 32 heavy (non-hydrogen) atoms. The molecule has 0 radical (unpaired) electrons. The second kappa shape index (κ2) is 11.2. The van der Waals surface area contributed by atoms with Crippen LogP contribution in [0.3, 0.4) is 0 Å². The maximum absolute atomic E-state index is 12.6. The summed E-state index contributed by atoms with van der Waals surface area (Å²) < 4.78 is 5.27. The van der Waals surface area contributed by atoms with Crippen molar-refractivity contribution in [3.05, 3.63) is 47.0 Å². The largest absolute Gasteiger partial charge is 0.475 e. The first-order chi connectivity index (χ1) is 15.0. The number of hydrogen-bond donors (Lipinski definition) is 3. The molecule has 0 aliphatic carbocycles. The minimum absolute atomic E-state index is 0.0473. The Balaban J connectivity index is 1.85. The highest BCUT2D eigenvalue weighted by atomic mass is 16.5. The van der Waals surface area contributed by atoms with Gasteiger partial charge in [0.1, 0.15) is 11.6 Å². The quantitative estimate of drug-likeness (QED) is 0.338. The first-order valence-electron chi connectivity index (χ1n) is 10.8. The van der Waals surface area contributed by atoms with Crippen LogP contribution in [0.2, 0.25) is 0 Å². The Hall–Kier alpha value is -2.83. The van der Waals surface area contributed by atoms with Crippen molar-refractivity contribution >= 4 is 19.1 Å². The summed E-state index contributed by atoms with van der Waals surface area (Å²) in [7, 11) is -1.73. The predicted octanol–water partition coefficient (Wildman–Crippen LogP) is 1.99. The molecule has 0 aromatic heterocycles. The van der Waals surface area contributed by atoms with Crippen LogP contribution in [0.1, 0.15) is 38.3 Å². The van der Waals surface area contributed by atoms with Gasteiger partial charge in [0.15, 0.2) is 0 Å². The molecule has 8 nitrogen and oxygen atoms in total. The summed E-state index contributed by atoms with van der Waals surface area (Å²) in [5, 5.41) is 31.1. The van der Waals surface area contributed by atoms with Crippen molar-refractivity contribution in [3.8, 4) is 6.07 Å². The molecule has 1 aliphatic rings. The van der Waals surface area contributed by atoms with Crippen LogP contribution in [-0.2, 0) is 16.0 Å². The molecule has 2 amide bonds. The molecule has 1 heterocycles. The average Bonchev–Trinajstić information content (AvgIpc) is 3.19. The third kappa shape index (κ3) is 8.02. The lowest BCUT2D eigenvalue weighted by Crippen LogP contribution is -2.48. The molecule has 0 saturated carbocycles. The van der Waals surface area contributed by atoms with Gasteiger partial charge in [0.05, 0.1) is 12.5 Å². The third-order valence-electron chi connectivity index (χ3n) is 5.19. The molecule has 9 heteroatoms. The van der Waals surface area contributed by atoms with Gasteiger partial charge in [-0.3, -0.25) is 4.79 Å². The van der Waals surface area contributed by atoms with Crippen LogP contribution >= 0.6 is 0 Å². The van der Waals surface area contributed by atoms with Gasteiger partial charge in [-0.15, -0.1) is 0 Å². The van der Waals surface area contributed by atoms with Crippen molar-refractivity contribution in [3.63, 3.8) is 0 Å². The zero-order chi connectivity index (χ0) is 23.9. The molecule has 0 spiro atoms. The smallest absolute Gasteiger partial charge is 0.449 e. The van der Waals surface area contributed by atoms with Crippen LogP contribution in [0.5, 0.6) is 0 Å². The third-order valence-corrected chi connectivity index (χ3v) is 5.19. The molecule has 1 fully saturated rings. The second-order valence-electron chi connectivity index (χ2n) is 9.39. The zero-order valence-corrected chi connectivity index (χ0v) is 19.2. The van der Waals surface area contributed by atoms with Gasteiger partial charge in [-0.05, 0) is 30.7 Å². The van der Waals surface area contributed by atoms with Crippen LogP contribution in [0.25, 0.3) is 0 Å². The highest BCUT2D eigenvalue weighted by molar-refractivity contribution is 6.43. The van der Waals surface area contributed by atoms with Crippen LogP contribution in [0.15, 0.2) is 35.9 Å². The number of carbonyl (C=O) groups excluding carboxylic acids is 2. The van der Waals surface area contributed by atoms with Gasteiger partial charge >= 0.3 is 13.2 Å². The maximum Gasteiger partial charge on any atom is 0.475 e. The average molecular weight is 441 g/mol. The maximum atomic E-state index is 12.6. The number of nitriles is 1. The highest BCUT2D eigenvalue weighted by Gasteiger charge is 2.31. The van der Waals surface area contributed by atoms with E-state index < -0.39 is 19.2 Å². The van der Waals surface area contributed by atoms with E-state index in [1.807, 2.05) is 58.0 Å². The van der Waals surface area contributed by atoms with Crippen LogP contribution in [0.4, 0.5) is 4.79 Å². The van der Waals surface area contributed by atoms with Gasteiger partial charge in [-0.25, -0.2) is 4.79 Å². The second-order valence-corrected chi connectivity index (χ2v) is 9.39. The summed E-state index contributed by atoms with van der Waals surface area (Å²) in [6, 6.07) is 9.54. The van der Waals surface area contributed by atoms with Gasteiger partial charge < -0.3 is 25.0 Å². The van der Waals surface area contributed by atoms with Crippen molar-refractivity contribution in [2.24, 2.45) is 11.3 Å². The van der Waals surface area contributed by atoms with Gasteiger partial charge in [0.25, 0.3) is 5.91 Å². The number of ether oxygens (including phenoxy) is 1. The predicted molar refractivity (Wildman–Crippen MR) is 121 cm³/mol. The van der Waals surface area contributed by atoms with E-state index in [0.717, 1.165) is 11.1 Å². The van der Waals surface area contributed by atoms with E-state index in [9.17, 15) is 24.9 Å². The van der Waals surface area contributed by atoms with E-state index in [1.165, 1.54) is 0 Å². The molecule has 1 saturated heterocycles. The number of aryl methyl sites for hydroxylation is 1. The fourth-order valence-corrected chi connectivity index (χ4v) is 3.49. The lowest BCUT2D eigenvalue weighted by atomic mass is 9.76. The van der Waals surface area contributed by atoms with E-state index in [1.54, 1.807) is 11.0 Å². The van der Waals surface area contributed by atoms with Gasteiger partial charge in [-0.2, -0.15) is 5.26 Å². The number of nitrogens with zero attached hydrogens (tertiary/aromatic N) is 2. The summed E-state index contributed by atoms with van der Waals surface area (Å²) in [6.07, 6.45) is 1.82. The number of carbonyl (C=O) groups is 2.